The minimum atomic E-state index is -4.46. The number of carboxylic acid groups (broad SMARTS) is 1. The highest BCUT2D eigenvalue weighted by Gasteiger charge is 2.30. The lowest BCUT2D eigenvalue weighted by Crippen LogP contribution is -2.42. The molecule has 24 heavy (non-hydrogen) atoms. The minimum absolute atomic E-state index is 0.139. The quantitative estimate of drug-likeness (QED) is 0.878. The van der Waals surface area contributed by atoms with Crippen molar-refractivity contribution in [2.45, 2.75) is 18.6 Å². The van der Waals surface area contributed by atoms with Gasteiger partial charge in [0.25, 0.3) is 5.91 Å². The van der Waals surface area contributed by atoms with E-state index in [2.05, 4.69) is 10.3 Å². The fourth-order valence-corrected chi connectivity index (χ4v) is 2.00. The minimum Gasteiger partial charge on any atom is -0.480 e. The standard InChI is InChI=1S/C16H13F3N2O3/c17-16(18,19)12-5-3-10(4-6-12)8-13(15(23)24)21-14(22)11-2-1-7-20-9-11/h1-7,9,13H,8H2,(H,21,22)(H,23,24)/t13-/m0/s1. The van der Waals surface area contributed by atoms with E-state index in [-0.39, 0.29) is 12.0 Å². The molecule has 8 heteroatoms. The molecule has 0 aliphatic carbocycles. The number of alkyl halides is 3. The van der Waals surface area contributed by atoms with Gasteiger partial charge in [0.1, 0.15) is 6.04 Å². The average Bonchev–Trinajstić information content (AvgIpc) is 2.54. The van der Waals surface area contributed by atoms with Crippen LogP contribution in [0.5, 0.6) is 0 Å². The van der Waals surface area contributed by atoms with Gasteiger partial charge in [0.15, 0.2) is 0 Å². The predicted molar refractivity (Wildman–Crippen MR) is 78.3 cm³/mol. The number of nitrogens with zero attached hydrogens (tertiary/aromatic N) is 1. The topological polar surface area (TPSA) is 79.3 Å². The molecule has 5 nitrogen and oxygen atoms in total. The SMILES string of the molecule is O=C(N[C@@H](Cc1ccc(C(F)(F)F)cc1)C(=O)O)c1cccnc1. The van der Waals surface area contributed by atoms with Gasteiger partial charge in [-0.05, 0) is 29.8 Å². The van der Waals surface area contributed by atoms with Crippen molar-refractivity contribution in [3.05, 3.63) is 65.5 Å². The van der Waals surface area contributed by atoms with E-state index < -0.39 is 29.7 Å². The van der Waals surface area contributed by atoms with E-state index in [9.17, 15) is 27.9 Å². The molecule has 126 valence electrons. The molecule has 0 fully saturated rings. The summed E-state index contributed by atoms with van der Waals surface area (Å²) >= 11 is 0. The monoisotopic (exact) mass is 338 g/mol. The molecule has 0 saturated carbocycles. The van der Waals surface area contributed by atoms with Gasteiger partial charge in [0.05, 0.1) is 11.1 Å². The van der Waals surface area contributed by atoms with Gasteiger partial charge in [-0.3, -0.25) is 9.78 Å². The summed E-state index contributed by atoms with van der Waals surface area (Å²) in [5.41, 5.74) is -0.268. The van der Waals surface area contributed by atoms with Gasteiger partial charge < -0.3 is 10.4 Å². The van der Waals surface area contributed by atoms with Gasteiger partial charge in [-0.15, -0.1) is 0 Å². The summed E-state index contributed by atoms with van der Waals surface area (Å²) in [5.74, 6) is -1.91. The summed E-state index contributed by atoms with van der Waals surface area (Å²) in [6, 6.07) is 5.85. The Morgan fingerprint density at radius 3 is 2.33 bits per heavy atom. The maximum Gasteiger partial charge on any atom is 0.416 e. The number of aromatic nitrogens is 1. The molecule has 0 aliphatic heterocycles. The number of nitrogens with one attached hydrogen (secondary N) is 1. The second-order valence-electron chi connectivity index (χ2n) is 5.00. The summed E-state index contributed by atoms with van der Waals surface area (Å²) in [6.07, 6.45) is -1.85. The van der Waals surface area contributed by atoms with E-state index in [1.54, 1.807) is 0 Å². The number of hydrogen-bond acceptors (Lipinski definition) is 3. The van der Waals surface area contributed by atoms with E-state index in [4.69, 9.17) is 0 Å². The Kier molecular flexibility index (Phi) is 5.18. The summed E-state index contributed by atoms with van der Waals surface area (Å²) in [4.78, 5) is 27.0. The van der Waals surface area contributed by atoms with Crippen LogP contribution in [-0.2, 0) is 17.4 Å². The average molecular weight is 338 g/mol. The fourth-order valence-electron chi connectivity index (χ4n) is 2.00. The molecule has 2 N–H and O–H groups in total. The van der Waals surface area contributed by atoms with Crippen molar-refractivity contribution in [1.29, 1.82) is 0 Å². The summed E-state index contributed by atoms with van der Waals surface area (Å²) in [7, 11) is 0. The van der Waals surface area contributed by atoms with Crippen LogP contribution in [0.25, 0.3) is 0 Å². The highest BCUT2D eigenvalue weighted by atomic mass is 19.4. The molecule has 1 heterocycles. The summed E-state index contributed by atoms with van der Waals surface area (Å²) in [6.45, 7) is 0. The van der Waals surface area contributed by atoms with Crippen LogP contribution in [0, 0.1) is 0 Å². The van der Waals surface area contributed by atoms with Crippen LogP contribution in [0.2, 0.25) is 0 Å². The van der Waals surface area contributed by atoms with Crippen molar-refractivity contribution < 1.29 is 27.9 Å². The number of carbonyl (C=O) groups is 2. The van der Waals surface area contributed by atoms with E-state index in [1.807, 2.05) is 0 Å². The third kappa shape index (κ3) is 4.55. The summed E-state index contributed by atoms with van der Waals surface area (Å²) < 4.78 is 37.5. The van der Waals surface area contributed by atoms with Gasteiger partial charge in [-0.25, -0.2) is 4.79 Å². The highest BCUT2D eigenvalue weighted by molar-refractivity contribution is 5.96. The zero-order valence-corrected chi connectivity index (χ0v) is 12.2. The number of carboxylic acids is 1. The number of rotatable bonds is 5. The molecule has 0 spiro atoms. The van der Waals surface area contributed by atoms with Gasteiger partial charge >= 0.3 is 12.1 Å². The van der Waals surface area contributed by atoms with Crippen molar-refractivity contribution in [1.82, 2.24) is 10.3 Å². The van der Waals surface area contributed by atoms with Gasteiger partial charge in [0.2, 0.25) is 0 Å². The number of carbonyl (C=O) groups excluding carboxylic acids is 1. The van der Waals surface area contributed by atoms with Gasteiger partial charge in [-0.1, -0.05) is 12.1 Å². The zero-order valence-electron chi connectivity index (χ0n) is 12.2. The van der Waals surface area contributed by atoms with Gasteiger partial charge in [-0.2, -0.15) is 13.2 Å². The molecular formula is C16H13F3N2O3. The van der Waals surface area contributed by atoms with Crippen LogP contribution in [0.4, 0.5) is 13.2 Å². The normalized spacial score (nSPS) is 12.5. The van der Waals surface area contributed by atoms with Crippen molar-refractivity contribution in [3.8, 4) is 0 Å². The first-order valence-corrected chi connectivity index (χ1v) is 6.87. The number of halogens is 3. The Balaban J connectivity index is 2.09. The van der Waals surface area contributed by atoms with E-state index in [0.29, 0.717) is 5.56 Å². The second-order valence-corrected chi connectivity index (χ2v) is 5.00. The molecule has 2 aromatic rings. The van der Waals surface area contributed by atoms with Gasteiger partial charge in [0, 0.05) is 18.8 Å². The Morgan fingerprint density at radius 1 is 1.17 bits per heavy atom. The van der Waals surface area contributed by atoms with Crippen LogP contribution in [-0.4, -0.2) is 28.0 Å². The second kappa shape index (κ2) is 7.12. The third-order valence-electron chi connectivity index (χ3n) is 3.25. The zero-order chi connectivity index (χ0) is 17.7. The molecule has 0 bridgehead atoms. The van der Waals surface area contributed by atoms with Crippen molar-refractivity contribution >= 4 is 11.9 Å². The maximum absolute atomic E-state index is 12.5. The lowest BCUT2D eigenvalue weighted by Gasteiger charge is -2.15. The Labute approximate surface area is 135 Å². The molecule has 1 aromatic carbocycles. The van der Waals surface area contributed by atoms with Crippen molar-refractivity contribution in [2.75, 3.05) is 0 Å². The first-order valence-electron chi connectivity index (χ1n) is 6.87. The number of pyridine rings is 1. The first-order chi connectivity index (χ1) is 11.3. The Hall–Kier alpha value is -2.90. The number of amides is 1. The molecule has 2 rings (SSSR count). The van der Waals surface area contributed by atoms with Crippen molar-refractivity contribution in [2.24, 2.45) is 0 Å². The van der Waals surface area contributed by atoms with Crippen LogP contribution in [0.3, 0.4) is 0 Å². The molecule has 0 unspecified atom stereocenters. The summed E-state index contributed by atoms with van der Waals surface area (Å²) in [5, 5.41) is 11.5. The first kappa shape index (κ1) is 17.5. The third-order valence-corrected chi connectivity index (χ3v) is 3.25. The number of benzene rings is 1. The highest BCUT2D eigenvalue weighted by Crippen LogP contribution is 2.29. The molecule has 0 aliphatic rings. The Morgan fingerprint density at radius 2 is 1.83 bits per heavy atom. The molecule has 0 saturated heterocycles. The molecule has 1 atom stereocenters. The largest absolute Gasteiger partial charge is 0.480 e. The van der Waals surface area contributed by atoms with Crippen molar-refractivity contribution in [3.63, 3.8) is 0 Å². The molecule has 0 radical (unpaired) electrons. The van der Waals surface area contributed by atoms with E-state index in [1.165, 1.54) is 36.7 Å². The van der Waals surface area contributed by atoms with E-state index in [0.717, 1.165) is 12.1 Å². The molecular weight excluding hydrogens is 325 g/mol. The lowest BCUT2D eigenvalue weighted by atomic mass is 10.0. The number of aliphatic carboxylic acids is 1. The smallest absolute Gasteiger partial charge is 0.416 e. The maximum atomic E-state index is 12.5. The van der Waals surface area contributed by atoms with Crippen LogP contribution in [0.1, 0.15) is 21.5 Å². The lowest BCUT2D eigenvalue weighted by molar-refractivity contribution is -0.139. The van der Waals surface area contributed by atoms with Crippen LogP contribution in [0.15, 0.2) is 48.8 Å². The predicted octanol–water partition coefficient (Wildman–Crippen LogP) is 2.53. The number of hydrogen-bond donors (Lipinski definition) is 2. The fraction of sp³-hybridized carbons (Fsp3) is 0.188. The molecule has 1 aromatic heterocycles. The molecule has 1 amide bonds. The Bertz CT molecular complexity index is 716. The van der Waals surface area contributed by atoms with E-state index >= 15 is 0 Å². The van der Waals surface area contributed by atoms with Crippen LogP contribution >= 0.6 is 0 Å². The van der Waals surface area contributed by atoms with Crippen LogP contribution < -0.4 is 5.32 Å².